The van der Waals surface area contributed by atoms with Gasteiger partial charge >= 0.3 is 0 Å². The lowest BCUT2D eigenvalue weighted by Gasteiger charge is -2.39. The Balaban J connectivity index is 1.42. The molecule has 0 saturated carbocycles. The Morgan fingerprint density at radius 1 is 1.00 bits per heavy atom. The number of rotatable bonds is 6. The van der Waals surface area contributed by atoms with Gasteiger partial charge in [-0.15, -0.1) is 0 Å². The van der Waals surface area contributed by atoms with Crippen LogP contribution in [0.5, 0.6) is 0 Å². The molecule has 2 aliphatic rings. The summed E-state index contributed by atoms with van der Waals surface area (Å²) in [5.74, 6) is 0. The van der Waals surface area contributed by atoms with Crippen molar-refractivity contribution in [2.24, 2.45) is 0 Å². The minimum Gasteiger partial charge on any atom is -0.312 e. The largest absolute Gasteiger partial charge is 0.312 e. The Morgan fingerprint density at radius 2 is 1.90 bits per heavy atom. The zero-order valence-corrected chi connectivity index (χ0v) is 13.3. The Hall–Kier alpha value is -0.860. The first-order valence-electron chi connectivity index (χ1n) is 8.95. The van der Waals surface area contributed by atoms with Gasteiger partial charge in [-0.25, -0.2) is 0 Å². The molecule has 116 valence electrons. The van der Waals surface area contributed by atoms with E-state index in [1.807, 2.05) is 0 Å². The third kappa shape index (κ3) is 4.31. The highest BCUT2D eigenvalue weighted by Crippen LogP contribution is 2.24. The Morgan fingerprint density at radius 3 is 2.71 bits per heavy atom. The van der Waals surface area contributed by atoms with E-state index in [1.54, 1.807) is 0 Å². The van der Waals surface area contributed by atoms with Gasteiger partial charge in [-0.05, 0) is 70.1 Å². The van der Waals surface area contributed by atoms with Crippen LogP contribution in [0.1, 0.15) is 50.5 Å². The average Bonchev–Trinajstić information content (AvgIpc) is 3.07. The predicted octanol–water partition coefficient (Wildman–Crippen LogP) is 3.62. The number of nitrogens with one attached hydrogen (secondary N) is 1. The molecule has 2 aliphatic heterocycles. The molecular formula is C19H30N2. The van der Waals surface area contributed by atoms with Crippen LogP contribution in [0.15, 0.2) is 30.3 Å². The summed E-state index contributed by atoms with van der Waals surface area (Å²) in [6.45, 7) is 3.87. The molecule has 1 N–H and O–H groups in total. The molecule has 0 radical (unpaired) electrons. The van der Waals surface area contributed by atoms with Crippen molar-refractivity contribution in [3.63, 3.8) is 0 Å². The fraction of sp³-hybridized carbons (Fsp3) is 0.684. The Bertz CT molecular complexity index is 397. The molecule has 2 atom stereocenters. The molecule has 1 aromatic rings. The molecule has 3 rings (SSSR count). The summed E-state index contributed by atoms with van der Waals surface area (Å²) < 4.78 is 0. The van der Waals surface area contributed by atoms with Crippen LogP contribution < -0.4 is 5.32 Å². The van der Waals surface area contributed by atoms with Crippen LogP contribution in [0.2, 0.25) is 0 Å². The van der Waals surface area contributed by atoms with E-state index in [9.17, 15) is 0 Å². The highest BCUT2D eigenvalue weighted by molar-refractivity contribution is 5.14. The van der Waals surface area contributed by atoms with E-state index in [4.69, 9.17) is 0 Å². The summed E-state index contributed by atoms with van der Waals surface area (Å²) in [5, 5.41) is 3.73. The van der Waals surface area contributed by atoms with Gasteiger partial charge in [0.25, 0.3) is 0 Å². The minimum absolute atomic E-state index is 0.777. The van der Waals surface area contributed by atoms with Crippen LogP contribution in [0.25, 0.3) is 0 Å². The molecule has 0 amide bonds. The van der Waals surface area contributed by atoms with Gasteiger partial charge in [0.05, 0.1) is 0 Å². The molecule has 2 nitrogen and oxygen atoms in total. The number of unbranched alkanes of at least 4 members (excludes halogenated alkanes) is 1. The van der Waals surface area contributed by atoms with Crippen LogP contribution in [0.4, 0.5) is 0 Å². The molecule has 0 aromatic heterocycles. The highest BCUT2D eigenvalue weighted by Gasteiger charge is 2.30. The lowest BCUT2D eigenvalue weighted by Crippen LogP contribution is -2.50. The lowest BCUT2D eigenvalue weighted by molar-refractivity contribution is 0.118. The van der Waals surface area contributed by atoms with E-state index in [2.05, 4.69) is 40.5 Å². The standard InChI is InChI=1S/C19H30N2/c1-2-9-17(10-3-1)11-4-6-15-21-16-7-5-13-19(21)18-12-8-14-20-18/h1-3,9-10,18-20H,4-8,11-16H2. The van der Waals surface area contributed by atoms with Crippen molar-refractivity contribution in [3.05, 3.63) is 35.9 Å². The summed E-state index contributed by atoms with van der Waals surface area (Å²) in [7, 11) is 0. The normalized spacial score (nSPS) is 27.0. The molecule has 2 saturated heterocycles. The van der Waals surface area contributed by atoms with Crippen molar-refractivity contribution in [1.29, 1.82) is 0 Å². The fourth-order valence-electron chi connectivity index (χ4n) is 4.08. The fourth-order valence-corrected chi connectivity index (χ4v) is 4.08. The van der Waals surface area contributed by atoms with Crippen molar-refractivity contribution in [2.75, 3.05) is 19.6 Å². The maximum atomic E-state index is 3.73. The second-order valence-corrected chi connectivity index (χ2v) is 6.74. The number of piperidine rings is 1. The van der Waals surface area contributed by atoms with E-state index in [1.165, 1.54) is 76.6 Å². The minimum atomic E-state index is 0.777. The van der Waals surface area contributed by atoms with E-state index in [0.717, 1.165) is 12.1 Å². The number of hydrogen-bond acceptors (Lipinski definition) is 2. The first-order valence-corrected chi connectivity index (χ1v) is 8.95. The van der Waals surface area contributed by atoms with E-state index >= 15 is 0 Å². The molecule has 0 spiro atoms. The molecule has 1 aromatic carbocycles. The Labute approximate surface area is 129 Å². The number of benzene rings is 1. The monoisotopic (exact) mass is 286 g/mol. The highest BCUT2D eigenvalue weighted by atomic mass is 15.2. The molecule has 2 heteroatoms. The topological polar surface area (TPSA) is 15.3 Å². The van der Waals surface area contributed by atoms with Gasteiger partial charge in [0.1, 0.15) is 0 Å². The molecule has 2 heterocycles. The zero-order chi connectivity index (χ0) is 14.3. The summed E-state index contributed by atoms with van der Waals surface area (Å²) in [6, 6.07) is 12.5. The summed E-state index contributed by atoms with van der Waals surface area (Å²) in [4.78, 5) is 2.79. The second-order valence-electron chi connectivity index (χ2n) is 6.74. The first-order chi connectivity index (χ1) is 10.4. The Kier molecular flexibility index (Phi) is 5.70. The maximum absolute atomic E-state index is 3.73. The van der Waals surface area contributed by atoms with Crippen molar-refractivity contribution in [1.82, 2.24) is 10.2 Å². The smallest absolute Gasteiger partial charge is 0.0249 e. The van der Waals surface area contributed by atoms with Gasteiger partial charge in [0.2, 0.25) is 0 Å². The van der Waals surface area contributed by atoms with Crippen molar-refractivity contribution in [3.8, 4) is 0 Å². The van der Waals surface area contributed by atoms with Crippen LogP contribution >= 0.6 is 0 Å². The van der Waals surface area contributed by atoms with Gasteiger partial charge in [0, 0.05) is 12.1 Å². The van der Waals surface area contributed by atoms with Gasteiger partial charge in [-0.3, -0.25) is 4.90 Å². The van der Waals surface area contributed by atoms with Gasteiger partial charge in [0.15, 0.2) is 0 Å². The quantitative estimate of drug-likeness (QED) is 0.804. The molecule has 2 unspecified atom stereocenters. The van der Waals surface area contributed by atoms with Gasteiger partial charge < -0.3 is 5.32 Å². The zero-order valence-electron chi connectivity index (χ0n) is 13.3. The molecule has 0 aliphatic carbocycles. The van der Waals surface area contributed by atoms with E-state index in [-0.39, 0.29) is 0 Å². The molecule has 21 heavy (non-hydrogen) atoms. The van der Waals surface area contributed by atoms with E-state index < -0.39 is 0 Å². The van der Waals surface area contributed by atoms with Crippen LogP contribution in [-0.4, -0.2) is 36.6 Å². The summed E-state index contributed by atoms with van der Waals surface area (Å²) in [5.41, 5.74) is 1.49. The second kappa shape index (κ2) is 7.95. The molecule has 2 fully saturated rings. The van der Waals surface area contributed by atoms with E-state index in [0.29, 0.717) is 0 Å². The number of aryl methyl sites for hydroxylation is 1. The third-order valence-electron chi connectivity index (χ3n) is 5.23. The van der Waals surface area contributed by atoms with Crippen molar-refractivity contribution >= 4 is 0 Å². The number of nitrogens with zero attached hydrogens (tertiary/aromatic N) is 1. The van der Waals surface area contributed by atoms with Crippen LogP contribution in [-0.2, 0) is 6.42 Å². The number of hydrogen-bond donors (Lipinski definition) is 1. The predicted molar refractivity (Wildman–Crippen MR) is 89.6 cm³/mol. The first kappa shape index (κ1) is 15.1. The van der Waals surface area contributed by atoms with Gasteiger partial charge in [-0.2, -0.15) is 0 Å². The number of likely N-dealkylation sites (tertiary alicyclic amines) is 1. The summed E-state index contributed by atoms with van der Waals surface area (Å²) >= 11 is 0. The van der Waals surface area contributed by atoms with Crippen LogP contribution in [0, 0.1) is 0 Å². The summed E-state index contributed by atoms with van der Waals surface area (Å²) in [6.07, 6.45) is 10.9. The molecule has 0 bridgehead atoms. The van der Waals surface area contributed by atoms with Crippen molar-refractivity contribution < 1.29 is 0 Å². The third-order valence-corrected chi connectivity index (χ3v) is 5.23. The SMILES string of the molecule is c1ccc(CCCCN2CCCCC2C2CCCN2)cc1. The van der Waals surface area contributed by atoms with Crippen LogP contribution in [0.3, 0.4) is 0 Å². The molecular weight excluding hydrogens is 256 g/mol. The maximum Gasteiger partial charge on any atom is 0.0249 e. The lowest BCUT2D eigenvalue weighted by atomic mass is 9.94. The average molecular weight is 286 g/mol. The van der Waals surface area contributed by atoms with Crippen molar-refractivity contribution in [2.45, 2.75) is 63.5 Å². The van der Waals surface area contributed by atoms with Gasteiger partial charge in [-0.1, -0.05) is 36.8 Å².